The molecule has 1 atom stereocenters. The molecule has 0 aliphatic carbocycles. The van der Waals surface area contributed by atoms with Gasteiger partial charge in [0.15, 0.2) is 0 Å². The van der Waals surface area contributed by atoms with Crippen LogP contribution in [-0.4, -0.2) is 57.2 Å². The molecule has 1 heterocycles. The maximum atomic E-state index is 5.38. The lowest BCUT2D eigenvalue weighted by atomic mass is 10.1. The molecule has 2 rings (SSSR count). The third-order valence-electron chi connectivity index (χ3n) is 4.29. The summed E-state index contributed by atoms with van der Waals surface area (Å²) >= 11 is 0. The van der Waals surface area contributed by atoms with Gasteiger partial charge in [-0.1, -0.05) is 6.07 Å². The average molecular weight is 292 g/mol. The van der Waals surface area contributed by atoms with Crippen LogP contribution >= 0.6 is 0 Å². The second-order valence-corrected chi connectivity index (χ2v) is 6.05. The summed E-state index contributed by atoms with van der Waals surface area (Å²) in [6, 6.07) is 7.08. The number of ether oxygens (including phenoxy) is 2. The van der Waals surface area contributed by atoms with Crippen molar-refractivity contribution < 1.29 is 9.47 Å². The minimum Gasteiger partial charge on any atom is -0.496 e. The summed E-state index contributed by atoms with van der Waals surface area (Å²) < 4.78 is 10.6. The third-order valence-corrected chi connectivity index (χ3v) is 4.29. The lowest BCUT2D eigenvalue weighted by Crippen LogP contribution is -2.36. The first-order valence-corrected chi connectivity index (χ1v) is 7.67. The van der Waals surface area contributed by atoms with Gasteiger partial charge in [0.1, 0.15) is 5.75 Å². The van der Waals surface area contributed by atoms with E-state index in [2.05, 4.69) is 36.0 Å². The standard InChI is InChI=1S/C17H28N2O2/c1-18(12-16-6-5-9-19(16)2)11-14-7-8-17(21-4)15(10-14)13-20-3/h7-8,10,16H,5-6,9,11-13H2,1-4H3/t16-/m0/s1. The summed E-state index contributed by atoms with van der Waals surface area (Å²) in [7, 11) is 7.85. The average Bonchev–Trinajstić information content (AvgIpc) is 2.85. The van der Waals surface area contributed by atoms with Gasteiger partial charge in [-0.05, 0) is 51.2 Å². The SMILES string of the molecule is COCc1cc(CN(C)C[C@@H]2CCCN2C)ccc1OC. The Balaban J connectivity index is 1.96. The molecule has 0 saturated carbocycles. The lowest BCUT2D eigenvalue weighted by molar-refractivity contribution is 0.181. The van der Waals surface area contributed by atoms with Crippen LogP contribution in [0.3, 0.4) is 0 Å². The molecule has 1 saturated heterocycles. The van der Waals surface area contributed by atoms with E-state index in [1.807, 2.05) is 6.07 Å². The van der Waals surface area contributed by atoms with Gasteiger partial charge in [0, 0.05) is 31.8 Å². The van der Waals surface area contributed by atoms with E-state index in [0.717, 1.165) is 24.4 Å². The van der Waals surface area contributed by atoms with Crippen molar-refractivity contribution in [2.24, 2.45) is 0 Å². The van der Waals surface area contributed by atoms with Crippen molar-refractivity contribution in [1.82, 2.24) is 9.80 Å². The highest BCUT2D eigenvalue weighted by Gasteiger charge is 2.22. The number of hydrogen-bond donors (Lipinski definition) is 0. The highest BCUT2D eigenvalue weighted by molar-refractivity contribution is 5.36. The molecule has 1 aromatic rings. The Morgan fingerprint density at radius 1 is 1.33 bits per heavy atom. The number of likely N-dealkylation sites (N-methyl/N-ethyl adjacent to an activating group) is 2. The zero-order chi connectivity index (χ0) is 15.2. The molecule has 0 radical (unpaired) electrons. The van der Waals surface area contributed by atoms with Gasteiger partial charge in [-0.2, -0.15) is 0 Å². The van der Waals surface area contributed by atoms with Gasteiger partial charge < -0.3 is 19.3 Å². The predicted molar refractivity (Wildman–Crippen MR) is 85.7 cm³/mol. The largest absolute Gasteiger partial charge is 0.496 e. The molecule has 0 unspecified atom stereocenters. The Kier molecular flexibility index (Phi) is 6.03. The Bertz CT molecular complexity index is 450. The molecule has 0 bridgehead atoms. The fourth-order valence-electron chi connectivity index (χ4n) is 3.14. The summed E-state index contributed by atoms with van der Waals surface area (Å²) in [6.07, 6.45) is 2.65. The molecule has 1 fully saturated rings. The van der Waals surface area contributed by atoms with Crippen molar-refractivity contribution in [3.63, 3.8) is 0 Å². The molecule has 0 amide bonds. The van der Waals surface area contributed by atoms with Crippen LogP contribution in [0.5, 0.6) is 5.75 Å². The normalized spacial score (nSPS) is 19.4. The second-order valence-electron chi connectivity index (χ2n) is 6.05. The fourth-order valence-corrected chi connectivity index (χ4v) is 3.14. The van der Waals surface area contributed by atoms with Crippen LogP contribution in [0.25, 0.3) is 0 Å². The van der Waals surface area contributed by atoms with Crippen LogP contribution in [0.15, 0.2) is 18.2 Å². The first-order chi connectivity index (χ1) is 10.1. The van der Waals surface area contributed by atoms with E-state index in [4.69, 9.17) is 9.47 Å². The summed E-state index contributed by atoms with van der Waals surface area (Å²) in [5.74, 6) is 0.902. The number of benzene rings is 1. The Hall–Kier alpha value is -1.10. The van der Waals surface area contributed by atoms with E-state index >= 15 is 0 Å². The van der Waals surface area contributed by atoms with Gasteiger partial charge in [0.05, 0.1) is 13.7 Å². The van der Waals surface area contributed by atoms with Crippen LogP contribution < -0.4 is 4.74 Å². The van der Waals surface area contributed by atoms with Crippen molar-refractivity contribution in [3.8, 4) is 5.75 Å². The number of likely N-dealkylation sites (tertiary alicyclic amines) is 1. The maximum Gasteiger partial charge on any atom is 0.124 e. The third kappa shape index (κ3) is 4.43. The highest BCUT2D eigenvalue weighted by Crippen LogP contribution is 2.22. The number of methoxy groups -OCH3 is 2. The topological polar surface area (TPSA) is 24.9 Å². The lowest BCUT2D eigenvalue weighted by Gasteiger charge is -2.26. The summed E-state index contributed by atoms with van der Waals surface area (Å²) in [4.78, 5) is 4.88. The molecule has 1 aromatic carbocycles. The highest BCUT2D eigenvalue weighted by atomic mass is 16.5. The molecular weight excluding hydrogens is 264 g/mol. The molecule has 1 aliphatic heterocycles. The molecule has 0 spiro atoms. The first-order valence-electron chi connectivity index (χ1n) is 7.67. The summed E-state index contributed by atoms with van der Waals surface area (Å²) in [6.45, 7) is 3.91. The Morgan fingerprint density at radius 2 is 2.14 bits per heavy atom. The zero-order valence-corrected chi connectivity index (χ0v) is 13.8. The van der Waals surface area contributed by atoms with Gasteiger partial charge in [-0.3, -0.25) is 0 Å². The van der Waals surface area contributed by atoms with E-state index in [0.29, 0.717) is 12.6 Å². The van der Waals surface area contributed by atoms with Gasteiger partial charge in [-0.15, -0.1) is 0 Å². The Morgan fingerprint density at radius 3 is 2.76 bits per heavy atom. The molecule has 0 aromatic heterocycles. The second kappa shape index (κ2) is 7.78. The first kappa shape index (κ1) is 16.3. The van der Waals surface area contributed by atoms with Crippen LogP contribution in [-0.2, 0) is 17.9 Å². The van der Waals surface area contributed by atoms with E-state index in [1.54, 1.807) is 14.2 Å². The summed E-state index contributed by atoms with van der Waals surface area (Å²) in [5, 5.41) is 0. The Labute approximate surface area is 128 Å². The molecule has 0 N–H and O–H groups in total. The molecule has 21 heavy (non-hydrogen) atoms. The quantitative estimate of drug-likeness (QED) is 0.770. The van der Waals surface area contributed by atoms with Crippen LogP contribution in [0.4, 0.5) is 0 Å². The monoisotopic (exact) mass is 292 g/mol. The minimum atomic E-state index is 0.589. The van der Waals surface area contributed by atoms with Crippen LogP contribution in [0, 0.1) is 0 Å². The smallest absolute Gasteiger partial charge is 0.124 e. The van der Waals surface area contributed by atoms with Crippen LogP contribution in [0.2, 0.25) is 0 Å². The van der Waals surface area contributed by atoms with E-state index in [1.165, 1.54) is 24.9 Å². The number of rotatable bonds is 7. The minimum absolute atomic E-state index is 0.589. The van der Waals surface area contributed by atoms with Crippen molar-refractivity contribution >= 4 is 0 Å². The molecule has 118 valence electrons. The van der Waals surface area contributed by atoms with E-state index in [9.17, 15) is 0 Å². The van der Waals surface area contributed by atoms with Gasteiger partial charge in [0.2, 0.25) is 0 Å². The fraction of sp³-hybridized carbons (Fsp3) is 0.647. The van der Waals surface area contributed by atoms with E-state index in [-0.39, 0.29) is 0 Å². The van der Waals surface area contributed by atoms with Crippen molar-refractivity contribution in [1.29, 1.82) is 0 Å². The molecule has 4 heteroatoms. The van der Waals surface area contributed by atoms with E-state index < -0.39 is 0 Å². The van der Waals surface area contributed by atoms with Crippen molar-refractivity contribution in [3.05, 3.63) is 29.3 Å². The van der Waals surface area contributed by atoms with Gasteiger partial charge >= 0.3 is 0 Å². The predicted octanol–water partition coefficient (Wildman–Crippen LogP) is 2.37. The zero-order valence-electron chi connectivity index (χ0n) is 13.8. The van der Waals surface area contributed by atoms with Crippen molar-refractivity contribution in [2.45, 2.75) is 32.0 Å². The van der Waals surface area contributed by atoms with Crippen LogP contribution in [0.1, 0.15) is 24.0 Å². The maximum absolute atomic E-state index is 5.38. The van der Waals surface area contributed by atoms with Crippen molar-refractivity contribution in [2.75, 3.05) is 41.4 Å². The van der Waals surface area contributed by atoms with Gasteiger partial charge in [-0.25, -0.2) is 0 Å². The van der Waals surface area contributed by atoms with Gasteiger partial charge in [0.25, 0.3) is 0 Å². The molecular formula is C17H28N2O2. The summed E-state index contributed by atoms with van der Waals surface area (Å²) in [5.41, 5.74) is 2.43. The number of hydrogen-bond acceptors (Lipinski definition) is 4. The molecule has 1 aliphatic rings. The molecule has 4 nitrogen and oxygen atoms in total. The number of nitrogens with zero attached hydrogens (tertiary/aromatic N) is 2.